The number of fused-ring (bicyclic) bond motifs is 4. The van der Waals surface area contributed by atoms with Gasteiger partial charge in [0.25, 0.3) is 0 Å². The molecule has 0 bridgehead atoms. The van der Waals surface area contributed by atoms with Crippen molar-refractivity contribution in [3.05, 3.63) is 34.8 Å². The van der Waals surface area contributed by atoms with Crippen LogP contribution in [0.4, 0.5) is 0 Å². The molecular formula is C18H16N2O3S. The van der Waals surface area contributed by atoms with E-state index in [0.29, 0.717) is 17.7 Å². The number of benzene rings is 2. The van der Waals surface area contributed by atoms with E-state index in [0.717, 1.165) is 37.3 Å². The first-order chi connectivity index (χ1) is 11.6. The zero-order chi connectivity index (χ0) is 16.8. The van der Waals surface area contributed by atoms with Gasteiger partial charge in [-0.3, -0.25) is 0 Å². The molecule has 0 aliphatic rings. The maximum atomic E-state index is 12.6. The molecule has 0 saturated heterocycles. The monoisotopic (exact) mass is 340 g/mol. The van der Waals surface area contributed by atoms with E-state index < -0.39 is 0 Å². The maximum Gasteiger partial charge on any atom is 0.342 e. The van der Waals surface area contributed by atoms with Crippen LogP contribution in [0.1, 0.15) is 22.3 Å². The number of esters is 1. The molecule has 2 aromatic carbocycles. The number of hydrogen-bond donors (Lipinski definition) is 1. The Bertz CT molecular complexity index is 1090. The average molecular weight is 340 g/mol. The third-order valence-corrected chi connectivity index (χ3v) is 4.97. The summed E-state index contributed by atoms with van der Waals surface area (Å²) in [6.07, 6.45) is 0. The predicted octanol–water partition coefficient (Wildman–Crippen LogP) is 4.42. The number of aromatic nitrogens is 2. The molecule has 2 aromatic heterocycles. The number of aryl methyl sites for hydroxylation is 1. The lowest BCUT2D eigenvalue weighted by atomic mass is 10.1. The summed E-state index contributed by atoms with van der Waals surface area (Å²) in [6, 6.07) is 7.90. The van der Waals surface area contributed by atoms with Gasteiger partial charge in [0, 0.05) is 16.3 Å². The lowest BCUT2D eigenvalue weighted by Gasteiger charge is -2.04. The molecule has 5 nitrogen and oxygen atoms in total. The van der Waals surface area contributed by atoms with Crippen molar-refractivity contribution in [2.24, 2.45) is 0 Å². The summed E-state index contributed by atoms with van der Waals surface area (Å²) in [5, 5.41) is 2.91. The molecule has 0 atom stereocenters. The number of carbonyl (C=O) groups excluding carboxylic acids is 1. The van der Waals surface area contributed by atoms with Crippen LogP contribution in [0.5, 0.6) is 5.75 Å². The molecule has 0 saturated carbocycles. The van der Waals surface area contributed by atoms with Crippen molar-refractivity contribution in [3.63, 3.8) is 0 Å². The van der Waals surface area contributed by atoms with Crippen LogP contribution in [0.25, 0.3) is 32.0 Å². The summed E-state index contributed by atoms with van der Waals surface area (Å²) in [6.45, 7) is 4.07. The molecule has 0 unspecified atom stereocenters. The van der Waals surface area contributed by atoms with Crippen LogP contribution in [0.2, 0.25) is 0 Å². The largest absolute Gasteiger partial charge is 0.497 e. The number of thiazole rings is 1. The van der Waals surface area contributed by atoms with Gasteiger partial charge in [0.2, 0.25) is 0 Å². The fourth-order valence-electron chi connectivity index (χ4n) is 3.04. The van der Waals surface area contributed by atoms with Gasteiger partial charge in [-0.25, -0.2) is 9.78 Å². The van der Waals surface area contributed by atoms with Crippen LogP contribution < -0.4 is 4.74 Å². The fourth-order valence-corrected chi connectivity index (χ4v) is 3.91. The quantitative estimate of drug-likeness (QED) is 0.561. The van der Waals surface area contributed by atoms with Gasteiger partial charge in [0.1, 0.15) is 11.3 Å². The van der Waals surface area contributed by atoms with Gasteiger partial charge in [-0.2, -0.15) is 0 Å². The highest BCUT2D eigenvalue weighted by Crippen LogP contribution is 2.36. The van der Waals surface area contributed by atoms with Crippen LogP contribution in [-0.4, -0.2) is 29.7 Å². The van der Waals surface area contributed by atoms with Crippen molar-refractivity contribution in [2.75, 3.05) is 13.7 Å². The number of H-pyrrole nitrogens is 1. The fraction of sp³-hybridized carbons (Fsp3) is 0.222. The van der Waals surface area contributed by atoms with E-state index >= 15 is 0 Å². The highest BCUT2D eigenvalue weighted by atomic mass is 32.1. The number of nitrogens with one attached hydrogen (secondary N) is 1. The normalized spacial score (nSPS) is 11.5. The Labute approximate surface area is 142 Å². The van der Waals surface area contributed by atoms with Gasteiger partial charge in [0.15, 0.2) is 0 Å². The second-order valence-electron chi connectivity index (χ2n) is 5.51. The summed E-state index contributed by atoms with van der Waals surface area (Å²) in [4.78, 5) is 20.5. The first-order valence-electron chi connectivity index (χ1n) is 7.69. The summed E-state index contributed by atoms with van der Waals surface area (Å²) in [7, 11) is 1.64. The van der Waals surface area contributed by atoms with Gasteiger partial charge in [-0.15, -0.1) is 11.3 Å². The van der Waals surface area contributed by atoms with Crippen molar-refractivity contribution in [1.29, 1.82) is 0 Å². The standard InChI is InChI=1S/C18H16N2O3S/c1-4-23-18(21)15-16-12(8-14-17(15)19-9(2)24-14)11-7-10(22-3)5-6-13(11)20-16/h5-8,20H,4H2,1-3H3. The Morgan fingerprint density at radius 3 is 2.88 bits per heavy atom. The number of carbonyl (C=O) groups is 1. The molecule has 2 heterocycles. The molecular weight excluding hydrogens is 324 g/mol. The SMILES string of the molecule is CCOC(=O)c1c2nc(C)sc2cc2c1[nH]c1ccc(OC)cc12. The lowest BCUT2D eigenvalue weighted by molar-refractivity contribution is 0.0530. The maximum absolute atomic E-state index is 12.6. The Hall–Kier alpha value is -2.60. The van der Waals surface area contributed by atoms with Crippen LogP contribution in [0.3, 0.4) is 0 Å². The number of nitrogens with zero attached hydrogens (tertiary/aromatic N) is 1. The average Bonchev–Trinajstić information content (AvgIpc) is 3.11. The van der Waals surface area contributed by atoms with Gasteiger partial charge in [-0.05, 0) is 38.1 Å². The molecule has 4 rings (SSSR count). The number of methoxy groups -OCH3 is 1. The van der Waals surface area contributed by atoms with E-state index in [2.05, 4.69) is 16.0 Å². The van der Waals surface area contributed by atoms with Crippen molar-refractivity contribution >= 4 is 49.3 Å². The first kappa shape index (κ1) is 15.0. The molecule has 0 radical (unpaired) electrons. The van der Waals surface area contributed by atoms with Gasteiger partial charge >= 0.3 is 5.97 Å². The molecule has 1 N–H and O–H groups in total. The van der Waals surface area contributed by atoms with Crippen LogP contribution in [0, 0.1) is 6.92 Å². The van der Waals surface area contributed by atoms with Crippen molar-refractivity contribution < 1.29 is 14.3 Å². The summed E-state index contributed by atoms with van der Waals surface area (Å²) < 4.78 is 11.6. The predicted molar refractivity (Wildman–Crippen MR) is 96.2 cm³/mol. The Kier molecular flexibility index (Phi) is 3.42. The molecule has 0 spiro atoms. The number of ether oxygens (including phenoxy) is 2. The molecule has 6 heteroatoms. The van der Waals surface area contributed by atoms with Crippen molar-refractivity contribution in [2.45, 2.75) is 13.8 Å². The van der Waals surface area contributed by atoms with E-state index in [4.69, 9.17) is 9.47 Å². The molecule has 0 aliphatic carbocycles. The zero-order valence-corrected chi connectivity index (χ0v) is 14.4. The zero-order valence-electron chi connectivity index (χ0n) is 13.6. The van der Waals surface area contributed by atoms with Gasteiger partial charge < -0.3 is 14.5 Å². The smallest absolute Gasteiger partial charge is 0.342 e. The van der Waals surface area contributed by atoms with E-state index in [1.807, 2.05) is 25.1 Å². The minimum Gasteiger partial charge on any atom is -0.497 e. The summed E-state index contributed by atoms with van der Waals surface area (Å²) in [5.74, 6) is 0.429. The molecule has 24 heavy (non-hydrogen) atoms. The molecule has 0 amide bonds. The molecule has 4 aromatic rings. The lowest BCUT2D eigenvalue weighted by Crippen LogP contribution is -2.06. The number of rotatable bonds is 3. The number of aromatic amines is 1. The van der Waals surface area contributed by atoms with E-state index in [1.54, 1.807) is 25.4 Å². The second-order valence-corrected chi connectivity index (χ2v) is 6.75. The van der Waals surface area contributed by atoms with Crippen LogP contribution in [0.15, 0.2) is 24.3 Å². The third-order valence-electron chi connectivity index (χ3n) is 4.05. The van der Waals surface area contributed by atoms with Crippen LogP contribution in [-0.2, 0) is 4.74 Å². The molecule has 0 fully saturated rings. The van der Waals surface area contributed by atoms with Crippen molar-refractivity contribution in [1.82, 2.24) is 9.97 Å². The third kappa shape index (κ3) is 2.14. The molecule has 0 aliphatic heterocycles. The highest BCUT2D eigenvalue weighted by molar-refractivity contribution is 7.18. The minimum atomic E-state index is -0.350. The topological polar surface area (TPSA) is 64.2 Å². The number of hydrogen-bond acceptors (Lipinski definition) is 5. The Morgan fingerprint density at radius 2 is 2.12 bits per heavy atom. The van der Waals surface area contributed by atoms with Crippen LogP contribution >= 0.6 is 11.3 Å². The van der Waals surface area contributed by atoms with Gasteiger partial charge in [-0.1, -0.05) is 0 Å². The second kappa shape index (κ2) is 5.49. The van der Waals surface area contributed by atoms with E-state index in [-0.39, 0.29) is 5.97 Å². The Balaban J connectivity index is 2.15. The highest BCUT2D eigenvalue weighted by Gasteiger charge is 2.21. The summed E-state index contributed by atoms with van der Waals surface area (Å²) >= 11 is 1.57. The Morgan fingerprint density at radius 1 is 1.29 bits per heavy atom. The van der Waals surface area contributed by atoms with E-state index in [9.17, 15) is 4.79 Å². The molecule has 122 valence electrons. The van der Waals surface area contributed by atoms with E-state index in [1.165, 1.54) is 0 Å². The van der Waals surface area contributed by atoms with Gasteiger partial charge in [0.05, 0.1) is 34.5 Å². The minimum absolute atomic E-state index is 0.327. The summed E-state index contributed by atoms with van der Waals surface area (Å²) in [5.41, 5.74) is 2.91. The van der Waals surface area contributed by atoms with Crippen molar-refractivity contribution in [3.8, 4) is 5.75 Å². The first-order valence-corrected chi connectivity index (χ1v) is 8.50.